The van der Waals surface area contributed by atoms with Gasteiger partial charge in [-0.1, -0.05) is 17.7 Å². The van der Waals surface area contributed by atoms with Crippen molar-refractivity contribution in [3.63, 3.8) is 0 Å². The molecule has 1 heterocycles. The van der Waals surface area contributed by atoms with Crippen LogP contribution >= 0.6 is 11.6 Å². The minimum Gasteiger partial charge on any atom is -0.340 e. The van der Waals surface area contributed by atoms with Crippen LogP contribution in [0.25, 0.3) is 0 Å². The summed E-state index contributed by atoms with van der Waals surface area (Å²) < 4.78 is 0. The van der Waals surface area contributed by atoms with Gasteiger partial charge in [0, 0.05) is 17.3 Å². The van der Waals surface area contributed by atoms with Gasteiger partial charge >= 0.3 is 0 Å². The molecule has 2 N–H and O–H groups in total. The van der Waals surface area contributed by atoms with Crippen molar-refractivity contribution in [1.82, 2.24) is 9.97 Å². The van der Waals surface area contributed by atoms with Crippen LogP contribution in [0.1, 0.15) is 34.2 Å². The number of hydrogen-bond acceptors (Lipinski definition) is 5. The highest BCUT2D eigenvalue weighted by atomic mass is 35.5. The molecule has 0 bridgehead atoms. The maximum absolute atomic E-state index is 11.4. The van der Waals surface area contributed by atoms with Crippen LogP contribution in [0.4, 0.5) is 23.0 Å². The van der Waals surface area contributed by atoms with Crippen molar-refractivity contribution in [1.29, 1.82) is 0 Å². The van der Waals surface area contributed by atoms with Gasteiger partial charge in [-0.05, 0) is 69.2 Å². The highest BCUT2D eigenvalue weighted by Gasteiger charge is 2.09. The second-order valence-electron chi connectivity index (χ2n) is 6.51. The number of nitrogens with one attached hydrogen (secondary N) is 2. The fraction of sp³-hybridized carbons (Fsp3) is 0.190. The lowest BCUT2D eigenvalue weighted by Gasteiger charge is -2.14. The van der Waals surface area contributed by atoms with E-state index < -0.39 is 0 Å². The van der Waals surface area contributed by atoms with E-state index in [1.165, 1.54) is 0 Å². The number of halogens is 1. The third-order valence-electron chi connectivity index (χ3n) is 4.09. The highest BCUT2D eigenvalue weighted by Crippen LogP contribution is 2.30. The normalized spacial score (nSPS) is 10.6. The number of ketones is 1. The number of carbonyl (C=O) groups is 1. The van der Waals surface area contributed by atoms with E-state index in [1.807, 2.05) is 45.0 Å². The number of aryl methyl sites for hydroxylation is 3. The molecule has 0 aliphatic carbocycles. The molecule has 0 fully saturated rings. The van der Waals surface area contributed by atoms with Crippen molar-refractivity contribution in [2.45, 2.75) is 27.7 Å². The smallest absolute Gasteiger partial charge is 0.159 e. The number of anilines is 4. The molecule has 27 heavy (non-hydrogen) atoms. The number of aromatic nitrogens is 2. The molecule has 138 valence electrons. The molecule has 0 saturated heterocycles. The Morgan fingerprint density at radius 1 is 0.926 bits per heavy atom. The molecule has 1 aromatic heterocycles. The molecule has 5 nitrogen and oxygen atoms in total. The van der Waals surface area contributed by atoms with E-state index in [1.54, 1.807) is 19.1 Å². The van der Waals surface area contributed by atoms with E-state index in [0.29, 0.717) is 28.0 Å². The molecule has 0 radical (unpaired) electrons. The Labute approximate surface area is 163 Å². The molecule has 6 heteroatoms. The summed E-state index contributed by atoms with van der Waals surface area (Å²) >= 11 is 6.39. The summed E-state index contributed by atoms with van der Waals surface area (Å²) in [6.07, 6.45) is 0. The van der Waals surface area contributed by atoms with E-state index in [-0.39, 0.29) is 5.78 Å². The lowest BCUT2D eigenvalue weighted by atomic mass is 10.1. The molecular formula is C21H21ClN4O. The van der Waals surface area contributed by atoms with Gasteiger partial charge in [0.15, 0.2) is 5.78 Å². The third-order valence-corrected chi connectivity index (χ3v) is 4.38. The molecule has 0 saturated carbocycles. The molecule has 0 unspecified atom stereocenters. The lowest BCUT2D eigenvalue weighted by molar-refractivity contribution is 0.101. The van der Waals surface area contributed by atoms with Gasteiger partial charge < -0.3 is 10.6 Å². The first-order valence-electron chi connectivity index (χ1n) is 8.59. The molecule has 0 aliphatic rings. The summed E-state index contributed by atoms with van der Waals surface area (Å²) in [5, 5.41) is 7.18. The monoisotopic (exact) mass is 380 g/mol. The van der Waals surface area contributed by atoms with Gasteiger partial charge in [0.2, 0.25) is 0 Å². The summed E-state index contributed by atoms with van der Waals surface area (Å²) in [6.45, 7) is 7.40. The Hall–Kier alpha value is -2.92. The van der Waals surface area contributed by atoms with Crippen molar-refractivity contribution >= 4 is 40.4 Å². The van der Waals surface area contributed by atoms with Gasteiger partial charge in [0.05, 0.1) is 10.7 Å². The number of benzene rings is 2. The second-order valence-corrected chi connectivity index (χ2v) is 6.92. The molecule has 0 aliphatic heterocycles. The first-order valence-corrected chi connectivity index (χ1v) is 8.97. The van der Waals surface area contributed by atoms with Crippen LogP contribution in [0.5, 0.6) is 0 Å². The van der Waals surface area contributed by atoms with Gasteiger partial charge in [0.1, 0.15) is 17.5 Å². The van der Waals surface area contributed by atoms with E-state index in [0.717, 1.165) is 22.5 Å². The fourth-order valence-corrected chi connectivity index (χ4v) is 3.20. The molecular weight excluding hydrogens is 360 g/mol. The number of hydrogen-bond donors (Lipinski definition) is 2. The van der Waals surface area contributed by atoms with Gasteiger partial charge in [-0.25, -0.2) is 9.97 Å². The van der Waals surface area contributed by atoms with Crippen LogP contribution in [-0.4, -0.2) is 15.8 Å². The van der Waals surface area contributed by atoms with Gasteiger partial charge in [-0.2, -0.15) is 0 Å². The molecule has 0 atom stereocenters. The molecule has 0 spiro atoms. The van der Waals surface area contributed by atoms with Crippen molar-refractivity contribution in [2.24, 2.45) is 0 Å². The Morgan fingerprint density at radius 3 is 2.15 bits per heavy atom. The average molecular weight is 381 g/mol. The van der Waals surface area contributed by atoms with Crippen LogP contribution in [-0.2, 0) is 0 Å². The van der Waals surface area contributed by atoms with Gasteiger partial charge in [-0.15, -0.1) is 0 Å². The van der Waals surface area contributed by atoms with E-state index in [9.17, 15) is 4.79 Å². The lowest BCUT2D eigenvalue weighted by Crippen LogP contribution is -2.03. The van der Waals surface area contributed by atoms with Crippen molar-refractivity contribution < 1.29 is 4.79 Å². The second kappa shape index (κ2) is 7.76. The topological polar surface area (TPSA) is 66.9 Å². The van der Waals surface area contributed by atoms with Gasteiger partial charge in [-0.3, -0.25) is 4.79 Å². The van der Waals surface area contributed by atoms with Gasteiger partial charge in [0.25, 0.3) is 0 Å². The standard InChI is InChI=1S/C21H21ClN4O/c1-12-9-13(2)21(18(22)10-12)26-20-11-19(23-15(4)24-20)25-17-7-5-16(6-8-17)14(3)27/h5-11H,1-4H3,(H2,23,24,25,26). The quantitative estimate of drug-likeness (QED) is 0.552. The SMILES string of the molecule is CC(=O)c1ccc(Nc2cc(Nc3c(C)cc(C)cc3Cl)nc(C)n2)cc1. The minimum atomic E-state index is 0.0382. The zero-order valence-corrected chi connectivity index (χ0v) is 16.5. The Bertz CT molecular complexity index is 977. The van der Waals surface area contributed by atoms with Crippen molar-refractivity contribution in [3.8, 4) is 0 Å². The van der Waals surface area contributed by atoms with Crippen LogP contribution in [0.3, 0.4) is 0 Å². The summed E-state index contributed by atoms with van der Waals surface area (Å²) in [4.78, 5) is 20.3. The van der Waals surface area contributed by atoms with Crippen LogP contribution in [0.15, 0.2) is 42.5 Å². The predicted molar refractivity (Wildman–Crippen MR) is 111 cm³/mol. The fourth-order valence-electron chi connectivity index (χ4n) is 2.83. The summed E-state index contributed by atoms with van der Waals surface area (Å²) in [5.41, 5.74) is 4.50. The zero-order valence-electron chi connectivity index (χ0n) is 15.7. The van der Waals surface area contributed by atoms with E-state index in [2.05, 4.69) is 26.7 Å². The van der Waals surface area contributed by atoms with E-state index in [4.69, 9.17) is 11.6 Å². The van der Waals surface area contributed by atoms with E-state index >= 15 is 0 Å². The first kappa shape index (κ1) is 18.9. The minimum absolute atomic E-state index is 0.0382. The number of Topliss-reactive ketones (excluding diaryl/α,β-unsaturated/α-hetero) is 1. The summed E-state index contributed by atoms with van der Waals surface area (Å²) in [5.74, 6) is 1.97. The zero-order chi connectivity index (χ0) is 19.6. The predicted octanol–water partition coefficient (Wildman–Crippen LogP) is 5.75. The van der Waals surface area contributed by atoms with Crippen LogP contribution < -0.4 is 10.6 Å². The third kappa shape index (κ3) is 4.63. The Morgan fingerprint density at radius 2 is 1.56 bits per heavy atom. The van der Waals surface area contributed by atoms with Crippen molar-refractivity contribution in [2.75, 3.05) is 10.6 Å². The number of rotatable bonds is 5. The molecule has 0 amide bonds. The largest absolute Gasteiger partial charge is 0.340 e. The maximum Gasteiger partial charge on any atom is 0.159 e. The highest BCUT2D eigenvalue weighted by molar-refractivity contribution is 6.33. The summed E-state index contributed by atoms with van der Waals surface area (Å²) in [7, 11) is 0. The van der Waals surface area contributed by atoms with Crippen molar-refractivity contribution in [3.05, 3.63) is 70.0 Å². The number of nitrogens with zero attached hydrogens (tertiary/aromatic N) is 2. The van der Waals surface area contributed by atoms with Crippen LogP contribution in [0.2, 0.25) is 5.02 Å². The molecule has 2 aromatic carbocycles. The first-order chi connectivity index (χ1) is 12.8. The molecule has 3 rings (SSSR count). The average Bonchev–Trinajstić information content (AvgIpc) is 2.58. The maximum atomic E-state index is 11.4. The number of carbonyl (C=O) groups excluding carboxylic acids is 1. The summed E-state index contributed by atoms with van der Waals surface area (Å²) in [6, 6.07) is 13.1. The Kier molecular flexibility index (Phi) is 5.42. The van der Waals surface area contributed by atoms with Crippen LogP contribution in [0, 0.1) is 20.8 Å². The molecule has 3 aromatic rings. The Balaban J connectivity index is 1.85.